The second kappa shape index (κ2) is 5.64. The van der Waals surface area contributed by atoms with Crippen molar-refractivity contribution in [1.82, 2.24) is 0 Å². The van der Waals surface area contributed by atoms with Crippen LogP contribution in [0.3, 0.4) is 0 Å². The lowest BCUT2D eigenvalue weighted by Crippen LogP contribution is -2.52. The standard InChI is InChI=1S/C19H36B2/c1-18(2,3)19(20,21)17-15-10-6-4-8-13(15)12-14-9-5-7-11-16(14)17/h13-17H,4-12,20-21H2,1-3H3. The van der Waals surface area contributed by atoms with Crippen molar-refractivity contribution in [1.29, 1.82) is 0 Å². The maximum atomic E-state index is 2.61. The number of rotatable bonds is 1. The molecule has 3 saturated carbocycles. The Bertz CT molecular complexity index is 346. The maximum Gasteiger partial charge on any atom is 0.100 e. The Morgan fingerprint density at radius 3 is 1.57 bits per heavy atom. The van der Waals surface area contributed by atoms with Gasteiger partial charge in [-0.1, -0.05) is 64.5 Å². The van der Waals surface area contributed by atoms with Gasteiger partial charge in [0.15, 0.2) is 0 Å². The highest BCUT2D eigenvalue weighted by Gasteiger charge is 2.53. The van der Waals surface area contributed by atoms with E-state index in [4.69, 9.17) is 0 Å². The van der Waals surface area contributed by atoms with Crippen molar-refractivity contribution >= 4 is 15.7 Å². The quantitative estimate of drug-likeness (QED) is 0.638. The van der Waals surface area contributed by atoms with E-state index in [1.54, 1.807) is 19.3 Å². The molecule has 0 aliphatic heterocycles. The zero-order valence-electron chi connectivity index (χ0n) is 15.3. The van der Waals surface area contributed by atoms with Gasteiger partial charge in [0.1, 0.15) is 15.7 Å². The molecule has 0 nitrogen and oxygen atoms in total. The Labute approximate surface area is 135 Å². The van der Waals surface area contributed by atoms with E-state index in [9.17, 15) is 0 Å². The van der Waals surface area contributed by atoms with Gasteiger partial charge >= 0.3 is 0 Å². The van der Waals surface area contributed by atoms with E-state index in [-0.39, 0.29) is 0 Å². The molecular formula is C19H36B2. The van der Waals surface area contributed by atoms with E-state index >= 15 is 0 Å². The van der Waals surface area contributed by atoms with Crippen molar-refractivity contribution in [3.63, 3.8) is 0 Å². The third-order valence-electron chi connectivity index (χ3n) is 8.23. The zero-order chi connectivity index (χ0) is 15.3. The van der Waals surface area contributed by atoms with E-state index in [2.05, 4.69) is 36.5 Å². The summed E-state index contributed by atoms with van der Waals surface area (Å²) in [5, 5.41) is 0.480. The van der Waals surface area contributed by atoms with Crippen LogP contribution < -0.4 is 0 Å². The average molecular weight is 286 g/mol. The molecule has 0 aromatic heterocycles. The van der Waals surface area contributed by atoms with E-state index < -0.39 is 0 Å². The second-order valence-electron chi connectivity index (χ2n) is 10.1. The zero-order valence-corrected chi connectivity index (χ0v) is 15.3. The van der Waals surface area contributed by atoms with Crippen LogP contribution >= 0.6 is 0 Å². The SMILES string of the molecule is BC(B)(C1C2CCCCC2CC2CCCCC21)C(C)(C)C. The molecule has 0 aromatic rings. The van der Waals surface area contributed by atoms with Gasteiger partial charge in [0.25, 0.3) is 0 Å². The lowest BCUT2D eigenvalue weighted by atomic mass is 9.32. The molecule has 0 bridgehead atoms. The highest BCUT2D eigenvalue weighted by atomic mass is 14.6. The molecule has 3 aliphatic carbocycles. The molecule has 118 valence electrons. The van der Waals surface area contributed by atoms with Gasteiger partial charge in [-0.15, -0.1) is 0 Å². The summed E-state index contributed by atoms with van der Waals surface area (Å²) in [5.41, 5.74) is 0.430. The summed E-state index contributed by atoms with van der Waals surface area (Å²) in [6.07, 6.45) is 13.8. The fourth-order valence-corrected chi connectivity index (χ4v) is 6.28. The van der Waals surface area contributed by atoms with Crippen LogP contribution in [-0.2, 0) is 0 Å². The van der Waals surface area contributed by atoms with E-state index in [0.717, 1.165) is 29.6 Å². The van der Waals surface area contributed by atoms with Crippen molar-refractivity contribution < 1.29 is 0 Å². The molecule has 0 aromatic carbocycles. The molecule has 3 aliphatic rings. The van der Waals surface area contributed by atoms with Crippen LogP contribution in [-0.4, -0.2) is 15.7 Å². The molecule has 0 spiro atoms. The molecule has 0 amide bonds. The molecule has 0 N–H and O–H groups in total. The molecule has 0 radical (unpaired) electrons. The van der Waals surface area contributed by atoms with Crippen LogP contribution in [0, 0.1) is 35.0 Å². The molecule has 4 atom stereocenters. The van der Waals surface area contributed by atoms with Gasteiger partial charge in [-0.2, -0.15) is 0 Å². The fourth-order valence-electron chi connectivity index (χ4n) is 6.28. The smallest absolute Gasteiger partial charge is 0.0766 e. The minimum atomic E-state index is 0.430. The van der Waals surface area contributed by atoms with Crippen LogP contribution in [0.25, 0.3) is 0 Å². The lowest BCUT2D eigenvalue weighted by Gasteiger charge is -2.60. The molecule has 21 heavy (non-hydrogen) atoms. The van der Waals surface area contributed by atoms with E-state index in [1.807, 2.05) is 0 Å². The van der Waals surface area contributed by atoms with Gasteiger partial charge in [-0.25, -0.2) is 0 Å². The summed E-state index contributed by atoms with van der Waals surface area (Å²) in [6, 6.07) is 0. The number of hydrogen-bond acceptors (Lipinski definition) is 0. The summed E-state index contributed by atoms with van der Waals surface area (Å²) >= 11 is 0. The second-order valence-corrected chi connectivity index (χ2v) is 10.1. The summed E-state index contributed by atoms with van der Waals surface area (Å²) in [4.78, 5) is 0. The normalized spacial score (nSPS) is 41.2. The third-order valence-corrected chi connectivity index (χ3v) is 8.23. The first-order valence-electron chi connectivity index (χ1n) is 9.82. The summed E-state index contributed by atoms with van der Waals surface area (Å²) in [6.45, 7) is 7.49. The predicted molar refractivity (Wildman–Crippen MR) is 98.2 cm³/mol. The first-order chi connectivity index (χ1) is 9.82. The predicted octanol–water partition coefficient (Wildman–Crippen LogP) is 4.05. The minimum Gasteiger partial charge on any atom is -0.0766 e. The summed E-state index contributed by atoms with van der Waals surface area (Å²) < 4.78 is 0. The summed E-state index contributed by atoms with van der Waals surface area (Å²) in [7, 11) is 5.22. The van der Waals surface area contributed by atoms with Crippen LogP contribution in [0.2, 0.25) is 5.21 Å². The Morgan fingerprint density at radius 2 is 1.14 bits per heavy atom. The molecular weight excluding hydrogens is 250 g/mol. The van der Waals surface area contributed by atoms with Gasteiger partial charge in [-0.05, 0) is 54.3 Å². The third kappa shape index (κ3) is 2.74. The minimum absolute atomic E-state index is 0.430. The van der Waals surface area contributed by atoms with Gasteiger partial charge in [0.2, 0.25) is 0 Å². The Hall–Kier alpha value is 0.130. The van der Waals surface area contributed by atoms with Crippen LogP contribution in [0.5, 0.6) is 0 Å². The molecule has 0 heterocycles. The van der Waals surface area contributed by atoms with Gasteiger partial charge in [0, 0.05) is 0 Å². The number of hydrogen-bond donors (Lipinski definition) is 0. The van der Waals surface area contributed by atoms with E-state index in [1.165, 1.54) is 38.5 Å². The van der Waals surface area contributed by atoms with Crippen molar-refractivity contribution in [2.75, 3.05) is 0 Å². The highest BCUT2D eigenvalue weighted by molar-refractivity contribution is 6.40. The summed E-state index contributed by atoms with van der Waals surface area (Å²) in [5.74, 6) is 5.23. The van der Waals surface area contributed by atoms with Crippen LogP contribution in [0.15, 0.2) is 0 Å². The Morgan fingerprint density at radius 1 is 0.714 bits per heavy atom. The topological polar surface area (TPSA) is 0 Å². The molecule has 3 fully saturated rings. The first kappa shape index (κ1) is 16.0. The van der Waals surface area contributed by atoms with Gasteiger partial charge in [-0.3, -0.25) is 0 Å². The van der Waals surface area contributed by atoms with Gasteiger partial charge < -0.3 is 0 Å². The molecule has 0 saturated heterocycles. The van der Waals surface area contributed by atoms with Crippen molar-refractivity contribution in [3.8, 4) is 0 Å². The lowest BCUT2D eigenvalue weighted by molar-refractivity contribution is -0.0374. The largest absolute Gasteiger partial charge is 0.100 e. The highest BCUT2D eigenvalue weighted by Crippen LogP contribution is 2.62. The molecule has 4 unspecified atom stereocenters. The number of fused-ring (bicyclic) bond motifs is 2. The van der Waals surface area contributed by atoms with Crippen molar-refractivity contribution in [3.05, 3.63) is 0 Å². The Balaban J connectivity index is 1.94. The molecule has 3 rings (SSSR count). The first-order valence-corrected chi connectivity index (χ1v) is 9.82. The molecule has 2 heteroatoms. The van der Waals surface area contributed by atoms with Crippen LogP contribution in [0.4, 0.5) is 0 Å². The van der Waals surface area contributed by atoms with Crippen LogP contribution in [0.1, 0.15) is 78.6 Å². The van der Waals surface area contributed by atoms with Crippen molar-refractivity contribution in [2.24, 2.45) is 35.0 Å². The maximum absolute atomic E-state index is 2.61. The Kier molecular flexibility index (Phi) is 4.30. The fraction of sp³-hybridized carbons (Fsp3) is 1.00. The average Bonchev–Trinajstić information content (AvgIpc) is 2.43. The van der Waals surface area contributed by atoms with Crippen molar-refractivity contribution in [2.45, 2.75) is 83.8 Å². The van der Waals surface area contributed by atoms with Gasteiger partial charge in [0.05, 0.1) is 0 Å². The van der Waals surface area contributed by atoms with E-state index in [0.29, 0.717) is 10.6 Å². The monoisotopic (exact) mass is 286 g/mol.